The fourth-order valence-electron chi connectivity index (χ4n) is 9.84. The molecule has 51 heavy (non-hydrogen) atoms. The van der Waals surface area contributed by atoms with Gasteiger partial charge in [0, 0.05) is 19.1 Å². The Bertz CT molecular complexity index is 1860. The van der Waals surface area contributed by atoms with Crippen LogP contribution in [0, 0.1) is 23.7 Å². The predicted octanol–water partition coefficient (Wildman–Crippen LogP) is 9.96. The number of nitrogens with two attached hydrogens (primary N) is 1. The molecule has 6 aliphatic carbocycles. The van der Waals surface area contributed by atoms with E-state index in [2.05, 4.69) is 116 Å². The SMILES string of the molecule is C=C/C=C(\CN)C1=CC=C(/C(CNC2C=CCC3CCCCC32)=c2\cccc\c2=C(\C)C2=CC=C(C3=CCC([C@@H]4CC=CCC4)C=C3)CC2)CC1. The van der Waals surface area contributed by atoms with Crippen LogP contribution in [0.5, 0.6) is 0 Å². The van der Waals surface area contributed by atoms with Crippen LogP contribution in [0.1, 0.15) is 90.4 Å². The van der Waals surface area contributed by atoms with Crippen LogP contribution in [0.25, 0.3) is 11.1 Å². The average Bonchev–Trinajstić information content (AvgIpc) is 3.21. The van der Waals surface area contributed by atoms with Crippen molar-refractivity contribution in [2.45, 2.75) is 96.4 Å². The van der Waals surface area contributed by atoms with Crippen LogP contribution in [-0.2, 0) is 0 Å². The van der Waals surface area contributed by atoms with Gasteiger partial charge in [-0.3, -0.25) is 0 Å². The zero-order valence-corrected chi connectivity index (χ0v) is 31.1. The van der Waals surface area contributed by atoms with E-state index in [1.165, 1.54) is 113 Å². The lowest BCUT2D eigenvalue weighted by molar-refractivity contribution is 0.195. The van der Waals surface area contributed by atoms with Crippen molar-refractivity contribution in [2.75, 3.05) is 13.1 Å². The summed E-state index contributed by atoms with van der Waals surface area (Å²) in [4.78, 5) is 0. The van der Waals surface area contributed by atoms with E-state index >= 15 is 0 Å². The fourth-order valence-corrected chi connectivity index (χ4v) is 9.84. The van der Waals surface area contributed by atoms with Crippen molar-refractivity contribution in [3.05, 3.63) is 154 Å². The summed E-state index contributed by atoms with van der Waals surface area (Å²) >= 11 is 0. The molecule has 2 nitrogen and oxygen atoms in total. The van der Waals surface area contributed by atoms with E-state index in [9.17, 15) is 0 Å². The molecule has 4 unspecified atom stereocenters. The summed E-state index contributed by atoms with van der Waals surface area (Å²) in [6.45, 7) is 7.71. The maximum Gasteiger partial charge on any atom is 0.0284 e. The van der Waals surface area contributed by atoms with Gasteiger partial charge in [-0.05, 0) is 156 Å². The van der Waals surface area contributed by atoms with Gasteiger partial charge in [-0.15, -0.1) is 0 Å². The van der Waals surface area contributed by atoms with E-state index in [-0.39, 0.29) is 0 Å². The second kappa shape index (κ2) is 17.2. The third kappa shape index (κ3) is 8.34. The highest BCUT2D eigenvalue weighted by atomic mass is 14.9. The van der Waals surface area contributed by atoms with Gasteiger partial charge >= 0.3 is 0 Å². The summed E-state index contributed by atoms with van der Waals surface area (Å²) in [5.41, 5.74) is 17.4. The van der Waals surface area contributed by atoms with Gasteiger partial charge in [0.05, 0.1) is 0 Å². The Balaban J connectivity index is 1.21. The first-order valence-corrected chi connectivity index (χ1v) is 20.2. The molecule has 2 heteroatoms. The van der Waals surface area contributed by atoms with Crippen LogP contribution >= 0.6 is 0 Å². The van der Waals surface area contributed by atoms with Crippen molar-refractivity contribution in [2.24, 2.45) is 29.4 Å². The average molecular weight is 677 g/mol. The fraction of sp³-hybridized carbons (Fsp3) is 0.429. The third-order valence-electron chi connectivity index (χ3n) is 12.9. The number of rotatable bonds is 10. The standard InChI is InChI=1S/C49H60N2/c1-3-12-44(33-50)41-29-31-43(32-30-41)48(34-51-49-20-11-16-42-15-7-8-18-46(42)49)47-19-10-9-17-45(47)35(2)36-21-23-39(24-22-36)40-27-25-38(26-28-40)37-13-5-4-6-14-37/h3-5,9-12,17,19-21,23,25,27-29,31,37-38,42,46,49,51H,1,6-8,13-16,18,22,24,26,30,32-34,50H2,2H3/b44-12+,45-35+,48-47+/t37-,38?,42?,46?,49?/m1/s1. The van der Waals surface area contributed by atoms with Crippen LogP contribution in [0.15, 0.2) is 143 Å². The lowest BCUT2D eigenvalue weighted by Crippen LogP contribution is -2.43. The molecule has 0 radical (unpaired) electrons. The Morgan fingerprint density at radius 2 is 1.61 bits per heavy atom. The van der Waals surface area contributed by atoms with Gasteiger partial charge in [0.25, 0.3) is 0 Å². The minimum absolute atomic E-state index is 0.452. The first kappa shape index (κ1) is 35.7. The molecule has 0 amide bonds. The lowest BCUT2D eigenvalue weighted by Gasteiger charge is -2.39. The molecule has 1 saturated carbocycles. The molecular weight excluding hydrogens is 617 g/mol. The summed E-state index contributed by atoms with van der Waals surface area (Å²) in [6.07, 6.45) is 46.6. The van der Waals surface area contributed by atoms with Gasteiger partial charge in [0.1, 0.15) is 0 Å². The summed E-state index contributed by atoms with van der Waals surface area (Å²) in [5, 5.41) is 6.87. The van der Waals surface area contributed by atoms with E-state index < -0.39 is 0 Å². The Labute approximate surface area is 308 Å². The van der Waals surface area contributed by atoms with E-state index in [1.807, 2.05) is 6.08 Å². The quantitative estimate of drug-likeness (QED) is 0.191. The minimum Gasteiger partial charge on any atom is -0.326 e. The Morgan fingerprint density at radius 3 is 2.33 bits per heavy atom. The van der Waals surface area contributed by atoms with E-state index in [1.54, 1.807) is 0 Å². The Morgan fingerprint density at radius 1 is 0.824 bits per heavy atom. The largest absolute Gasteiger partial charge is 0.326 e. The van der Waals surface area contributed by atoms with E-state index in [4.69, 9.17) is 5.73 Å². The summed E-state index contributed by atoms with van der Waals surface area (Å²) in [5.74, 6) is 3.11. The number of allylic oxidation sites excluding steroid dienone is 15. The van der Waals surface area contributed by atoms with E-state index in [0.29, 0.717) is 18.5 Å². The summed E-state index contributed by atoms with van der Waals surface area (Å²) in [7, 11) is 0. The van der Waals surface area contributed by atoms with Gasteiger partial charge < -0.3 is 11.1 Å². The number of benzene rings is 1. The number of hydrogen-bond donors (Lipinski definition) is 2. The molecule has 1 aromatic carbocycles. The van der Waals surface area contributed by atoms with Crippen molar-refractivity contribution < 1.29 is 0 Å². The zero-order chi connectivity index (χ0) is 35.0. The van der Waals surface area contributed by atoms with Crippen LogP contribution in [0.4, 0.5) is 0 Å². The van der Waals surface area contributed by atoms with Gasteiger partial charge in [-0.25, -0.2) is 0 Å². The number of hydrogen-bond acceptors (Lipinski definition) is 2. The molecule has 7 rings (SSSR count). The molecule has 0 bridgehead atoms. The predicted molar refractivity (Wildman–Crippen MR) is 219 cm³/mol. The molecule has 1 aromatic rings. The maximum atomic E-state index is 6.15. The third-order valence-corrected chi connectivity index (χ3v) is 12.9. The highest BCUT2D eigenvalue weighted by molar-refractivity contribution is 5.71. The van der Waals surface area contributed by atoms with Gasteiger partial charge in [-0.1, -0.05) is 123 Å². The Kier molecular flexibility index (Phi) is 12.0. The molecule has 0 aliphatic heterocycles. The summed E-state index contributed by atoms with van der Waals surface area (Å²) < 4.78 is 0. The highest BCUT2D eigenvalue weighted by Crippen LogP contribution is 2.39. The van der Waals surface area contributed by atoms with Crippen LogP contribution in [0.3, 0.4) is 0 Å². The van der Waals surface area contributed by atoms with Crippen LogP contribution in [0.2, 0.25) is 0 Å². The molecule has 1 fully saturated rings. The van der Waals surface area contributed by atoms with E-state index in [0.717, 1.165) is 50.0 Å². The topological polar surface area (TPSA) is 38.0 Å². The van der Waals surface area contributed by atoms with Crippen molar-refractivity contribution in [3.8, 4) is 0 Å². The molecular formula is C49H60N2. The van der Waals surface area contributed by atoms with Crippen LogP contribution in [-0.4, -0.2) is 19.1 Å². The molecule has 0 saturated heterocycles. The maximum absolute atomic E-state index is 6.15. The smallest absolute Gasteiger partial charge is 0.0284 e. The van der Waals surface area contributed by atoms with Crippen molar-refractivity contribution in [3.63, 3.8) is 0 Å². The molecule has 0 aromatic heterocycles. The number of fused-ring (bicyclic) bond motifs is 1. The molecule has 3 N–H and O–H groups in total. The van der Waals surface area contributed by atoms with Gasteiger partial charge in [-0.2, -0.15) is 0 Å². The lowest BCUT2D eigenvalue weighted by atomic mass is 9.71. The van der Waals surface area contributed by atoms with Crippen molar-refractivity contribution in [1.29, 1.82) is 0 Å². The molecule has 0 spiro atoms. The molecule has 5 atom stereocenters. The summed E-state index contributed by atoms with van der Waals surface area (Å²) in [6, 6.07) is 9.65. The second-order valence-electron chi connectivity index (χ2n) is 15.8. The zero-order valence-electron chi connectivity index (χ0n) is 31.1. The Hall–Kier alpha value is -3.72. The monoisotopic (exact) mass is 676 g/mol. The van der Waals surface area contributed by atoms with Crippen LogP contribution < -0.4 is 21.5 Å². The second-order valence-corrected chi connectivity index (χ2v) is 15.8. The first-order chi connectivity index (χ1) is 25.1. The van der Waals surface area contributed by atoms with Crippen molar-refractivity contribution in [1.82, 2.24) is 5.32 Å². The number of nitrogens with one attached hydrogen (secondary N) is 1. The van der Waals surface area contributed by atoms with Gasteiger partial charge in [0.2, 0.25) is 0 Å². The van der Waals surface area contributed by atoms with Crippen molar-refractivity contribution >= 4 is 11.1 Å². The molecule has 0 heterocycles. The highest BCUT2D eigenvalue weighted by Gasteiger charge is 2.32. The first-order valence-electron chi connectivity index (χ1n) is 20.2. The van der Waals surface area contributed by atoms with Gasteiger partial charge in [0.15, 0.2) is 0 Å². The minimum atomic E-state index is 0.452. The molecule has 266 valence electrons. The molecule has 6 aliphatic rings. The normalized spacial score (nSPS) is 29.2.